The lowest BCUT2D eigenvalue weighted by molar-refractivity contribution is -0.142. The maximum Gasteiger partial charge on any atom is 0.330 e. The predicted molar refractivity (Wildman–Crippen MR) is 271 cm³/mol. The lowest BCUT2D eigenvalue weighted by Gasteiger charge is -2.27. The summed E-state index contributed by atoms with van der Waals surface area (Å²) in [5, 5.41) is 5.96. The number of nitrogens with zero attached hydrogens (tertiary/aromatic N) is 1. The van der Waals surface area contributed by atoms with E-state index in [0.29, 0.717) is 107 Å². The normalized spacial score (nSPS) is 17.8. The van der Waals surface area contributed by atoms with Crippen LogP contribution in [-0.4, -0.2) is 101 Å². The molecule has 0 spiro atoms. The van der Waals surface area contributed by atoms with Crippen LogP contribution in [0.5, 0.6) is 17.2 Å². The first-order valence-corrected chi connectivity index (χ1v) is 25.4. The van der Waals surface area contributed by atoms with Crippen LogP contribution in [0.25, 0.3) is 21.7 Å². The lowest BCUT2D eigenvalue weighted by atomic mass is 9.87. The molecular formula is C56H72N2O13. The second-order valence-corrected chi connectivity index (χ2v) is 18.1. The van der Waals surface area contributed by atoms with Gasteiger partial charge in [-0.2, -0.15) is 0 Å². The summed E-state index contributed by atoms with van der Waals surface area (Å²) in [6.07, 6.45) is 15.9. The van der Waals surface area contributed by atoms with Crippen molar-refractivity contribution < 1.29 is 61.8 Å². The van der Waals surface area contributed by atoms with Crippen LogP contribution in [0.1, 0.15) is 103 Å². The first-order valence-electron chi connectivity index (χ1n) is 25.4. The van der Waals surface area contributed by atoms with Gasteiger partial charge in [0.1, 0.15) is 29.7 Å². The van der Waals surface area contributed by atoms with Crippen molar-refractivity contribution in [2.45, 2.75) is 115 Å². The number of fused-ring (bicyclic) bond motifs is 3. The average Bonchev–Trinajstić information content (AvgIpc) is 3.39. The zero-order valence-corrected chi connectivity index (χ0v) is 41.4. The molecule has 2 saturated carbocycles. The molecule has 0 amide bonds. The number of carbonyl (C=O) groups is 4. The zero-order chi connectivity index (χ0) is 50.0. The molecule has 0 saturated heterocycles. The monoisotopic (exact) mass is 981 g/mol. The molecule has 2 fully saturated rings. The number of hydrogen-bond donors (Lipinski definition) is 1. The van der Waals surface area contributed by atoms with Gasteiger partial charge in [0, 0.05) is 55.0 Å². The number of pyridine rings is 1. The van der Waals surface area contributed by atoms with Crippen molar-refractivity contribution >= 4 is 57.1 Å². The summed E-state index contributed by atoms with van der Waals surface area (Å²) >= 11 is 0. The molecule has 1 N–H and O–H groups in total. The fourth-order valence-electron chi connectivity index (χ4n) is 8.83. The van der Waals surface area contributed by atoms with Crippen LogP contribution in [0.15, 0.2) is 86.0 Å². The third-order valence-corrected chi connectivity index (χ3v) is 12.8. The number of methoxy groups -OCH3 is 1. The minimum Gasteiger partial charge on any atom is -0.491 e. The third-order valence-electron chi connectivity index (χ3n) is 12.8. The zero-order valence-electron chi connectivity index (χ0n) is 41.4. The van der Waals surface area contributed by atoms with Gasteiger partial charge in [-0.25, -0.2) is 14.6 Å². The Hall–Kier alpha value is -5.87. The molecule has 0 atom stereocenters. The Morgan fingerprint density at radius 2 is 1.04 bits per heavy atom. The van der Waals surface area contributed by atoms with Gasteiger partial charge in [0.15, 0.2) is 0 Å². The molecule has 2 aliphatic rings. The fraction of sp³-hybridized carbons (Fsp3) is 0.518. The van der Waals surface area contributed by atoms with Crippen molar-refractivity contribution in [2.24, 2.45) is 11.8 Å². The second-order valence-electron chi connectivity index (χ2n) is 18.1. The van der Waals surface area contributed by atoms with Crippen LogP contribution in [-0.2, 0) is 47.6 Å². The van der Waals surface area contributed by atoms with Crippen molar-refractivity contribution in [3.05, 3.63) is 86.0 Å². The number of aromatic nitrogens is 1. The van der Waals surface area contributed by atoms with Crippen molar-refractivity contribution in [2.75, 3.05) is 65.3 Å². The topological polar surface area (TPSA) is 176 Å². The molecular weight excluding hydrogens is 909 g/mol. The summed E-state index contributed by atoms with van der Waals surface area (Å²) in [7, 11) is 1.63. The number of ether oxygens (including phenoxy) is 9. The molecule has 0 bridgehead atoms. The fourth-order valence-corrected chi connectivity index (χ4v) is 8.83. The summed E-state index contributed by atoms with van der Waals surface area (Å²) in [4.78, 5) is 54.5. The van der Waals surface area contributed by atoms with E-state index in [0.717, 1.165) is 98.9 Å². The molecule has 15 nitrogen and oxygen atoms in total. The molecule has 1 heterocycles. The highest BCUT2D eigenvalue weighted by Crippen LogP contribution is 2.37. The Morgan fingerprint density at radius 1 is 0.549 bits per heavy atom. The molecule has 2 aliphatic carbocycles. The van der Waals surface area contributed by atoms with Gasteiger partial charge in [-0.05, 0) is 150 Å². The summed E-state index contributed by atoms with van der Waals surface area (Å²) in [5.41, 5.74) is 1.39. The van der Waals surface area contributed by atoms with Gasteiger partial charge in [0.25, 0.3) is 0 Å². The highest BCUT2D eigenvalue weighted by Gasteiger charge is 2.30. The molecule has 0 unspecified atom stereocenters. The number of anilines is 2. The number of carbonyl (C=O) groups excluding carboxylic acids is 4. The first kappa shape index (κ1) is 54.5. The Morgan fingerprint density at radius 3 is 1.58 bits per heavy atom. The van der Waals surface area contributed by atoms with Crippen molar-refractivity contribution in [3.8, 4) is 17.2 Å². The Labute approximate surface area is 417 Å². The largest absolute Gasteiger partial charge is 0.491 e. The Kier molecular flexibility index (Phi) is 23.1. The minimum absolute atomic E-state index is 0.119. The number of rotatable bonds is 31. The standard InChI is InChI=1S/C56H72N2O13/c1-4-52(59)68-32-12-8-6-10-30-65-43-20-14-40(15-21-43)55(61)70-46-26-28-48-49-29-27-47(71-56(62)41-16-22-44(23-17-41)66-31-11-7-9-13-33-69-53(60)5-2)39-51(49)58-54(50(48)38-46)57-42-18-24-45(25-19-42)67-37-36-64-35-34-63-3/h4-5,18-19,24-29,38-41,43-44H,1-2,6-17,20-23,30-37H2,3H3,(H,57,58). The molecule has 3 aromatic carbocycles. The van der Waals surface area contributed by atoms with Crippen molar-refractivity contribution in [1.29, 1.82) is 0 Å². The van der Waals surface area contributed by atoms with Gasteiger partial charge in [-0.1, -0.05) is 26.0 Å². The molecule has 0 aliphatic heterocycles. The Bertz CT molecular complexity index is 2320. The predicted octanol–water partition coefficient (Wildman–Crippen LogP) is 10.7. The second kappa shape index (κ2) is 30.1. The number of nitrogens with one attached hydrogen (secondary N) is 1. The van der Waals surface area contributed by atoms with E-state index >= 15 is 0 Å². The summed E-state index contributed by atoms with van der Waals surface area (Å²) in [5.74, 6) is 0.314. The first-order chi connectivity index (χ1) is 34.7. The van der Waals surface area contributed by atoms with Gasteiger partial charge in [-0.3, -0.25) is 9.59 Å². The van der Waals surface area contributed by atoms with E-state index in [1.807, 2.05) is 48.5 Å². The van der Waals surface area contributed by atoms with E-state index < -0.39 is 11.9 Å². The maximum absolute atomic E-state index is 13.6. The van der Waals surface area contributed by atoms with Gasteiger partial charge < -0.3 is 47.9 Å². The molecule has 15 heteroatoms. The van der Waals surface area contributed by atoms with Crippen molar-refractivity contribution in [1.82, 2.24) is 4.98 Å². The van der Waals surface area contributed by atoms with Gasteiger partial charge in [-0.15, -0.1) is 0 Å². The molecule has 384 valence electrons. The molecule has 6 rings (SSSR count). The summed E-state index contributed by atoms with van der Waals surface area (Å²) < 4.78 is 50.8. The van der Waals surface area contributed by atoms with Crippen LogP contribution >= 0.6 is 0 Å². The average molecular weight is 981 g/mol. The minimum atomic E-state index is -0.391. The SMILES string of the molecule is C=CC(=O)OCCCCCCOC1CCC(C(=O)Oc2ccc3c(c2)nc(Nc2ccc(OCCOCCOC)cc2)c2cc(OC(=O)C4CCC(OCCCCCCOC(=O)C=C)CC4)ccc23)CC1. The highest BCUT2D eigenvalue weighted by molar-refractivity contribution is 6.11. The molecule has 1 aromatic heterocycles. The number of unbranched alkanes of at least 4 members (excludes halogenated alkanes) is 6. The van der Waals surface area contributed by atoms with Crippen LogP contribution in [0, 0.1) is 11.8 Å². The van der Waals surface area contributed by atoms with Crippen LogP contribution in [0.3, 0.4) is 0 Å². The van der Waals surface area contributed by atoms with E-state index in [4.69, 9.17) is 47.6 Å². The summed E-state index contributed by atoms with van der Waals surface area (Å²) in [6.45, 7) is 10.8. The molecule has 71 heavy (non-hydrogen) atoms. The van der Waals surface area contributed by atoms with E-state index in [1.165, 1.54) is 12.2 Å². The van der Waals surface area contributed by atoms with Gasteiger partial charge in [0.2, 0.25) is 0 Å². The van der Waals surface area contributed by atoms with Gasteiger partial charge in [0.05, 0.1) is 62.6 Å². The van der Waals surface area contributed by atoms with Crippen LogP contribution in [0.2, 0.25) is 0 Å². The quantitative estimate of drug-likeness (QED) is 0.0166. The van der Waals surface area contributed by atoms with Crippen LogP contribution < -0.4 is 19.5 Å². The number of hydrogen-bond acceptors (Lipinski definition) is 15. The molecule has 0 radical (unpaired) electrons. The van der Waals surface area contributed by atoms with Gasteiger partial charge >= 0.3 is 23.9 Å². The van der Waals surface area contributed by atoms with E-state index in [1.54, 1.807) is 19.2 Å². The number of benzene rings is 3. The summed E-state index contributed by atoms with van der Waals surface area (Å²) in [6, 6.07) is 18.7. The van der Waals surface area contributed by atoms with E-state index in [9.17, 15) is 19.2 Å². The van der Waals surface area contributed by atoms with Crippen molar-refractivity contribution in [3.63, 3.8) is 0 Å². The smallest absolute Gasteiger partial charge is 0.330 e. The van der Waals surface area contributed by atoms with E-state index in [2.05, 4.69) is 18.5 Å². The molecule has 4 aromatic rings. The number of esters is 4. The van der Waals surface area contributed by atoms with E-state index in [-0.39, 0.29) is 36.0 Å². The van der Waals surface area contributed by atoms with Crippen LogP contribution in [0.4, 0.5) is 11.5 Å². The maximum atomic E-state index is 13.6. The third kappa shape index (κ3) is 18.4. The lowest BCUT2D eigenvalue weighted by Crippen LogP contribution is -2.29. The highest BCUT2D eigenvalue weighted by atomic mass is 16.6. The Balaban J connectivity index is 1.05.